The van der Waals surface area contributed by atoms with Crippen molar-refractivity contribution >= 4 is 0 Å². The topological polar surface area (TPSA) is 41.9 Å². The Morgan fingerprint density at radius 3 is 2.95 bits per heavy atom. The molecule has 1 atom stereocenters. The third-order valence-corrected chi connectivity index (χ3v) is 4.79. The van der Waals surface area contributed by atoms with Crippen molar-refractivity contribution in [3.8, 4) is 5.75 Å². The third kappa shape index (κ3) is 4.00. The maximum absolute atomic E-state index is 10.9. The number of benzene rings is 1. The van der Waals surface area contributed by atoms with Crippen molar-refractivity contribution in [2.24, 2.45) is 0 Å². The van der Waals surface area contributed by atoms with Gasteiger partial charge >= 0.3 is 0 Å². The van der Waals surface area contributed by atoms with Crippen molar-refractivity contribution in [3.05, 3.63) is 29.8 Å². The van der Waals surface area contributed by atoms with E-state index in [1.54, 1.807) is 0 Å². The van der Waals surface area contributed by atoms with Crippen LogP contribution in [-0.2, 0) is 4.74 Å². The van der Waals surface area contributed by atoms with Crippen LogP contribution in [-0.4, -0.2) is 54.6 Å². The van der Waals surface area contributed by atoms with Gasteiger partial charge in [0.25, 0.3) is 0 Å². The predicted molar refractivity (Wildman–Crippen MR) is 86.3 cm³/mol. The molecule has 2 aliphatic rings. The molecule has 0 aliphatic carbocycles. The summed E-state index contributed by atoms with van der Waals surface area (Å²) in [5.74, 6) is 0.844. The molecule has 0 saturated carbocycles. The van der Waals surface area contributed by atoms with E-state index in [-0.39, 0.29) is 0 Å². The van der Waals surface area contributed by atoms with Crippen molar-refractivity contribution in [1.29, 1.82) is 0 Å². The van der Waals surface area contributed by atoms with E-state index in [0.29, 0.717) is 19.2 Å². The fourth-order valence-corrected chi connectivity index (χ4v) is 3.55. The normalized spacial score (nSPS) is 27.7. The second-order valence-electron chi connectivity index (χ2n) is 6.75. The monoisotopic (exact) mass is 305 g/mol. The van der Waals surface area contributed by atoms with Crippen LogP contribution in [0.5, 0.6) is 5.75 Å². The van der Waals surface area contributed by atoms with Crippen LogP contribution < -0.4 is 4.74 Å². The van der Waals surface area contributed by atoms with Crippen LogP contribution in [0, 0.1) is 6.92 Å². The van der Waals surface area contributed by atoms with Gasteiger partial charge in [-0.1, -0.05) is 12.1 Å². The van der Waals surface area contributed by atoms with E-state index >= 15 is 0 Å². The zero-order valence-electron chi connectivity index (χ0n) is 13.5. The SMILES string of the molecule is Cc1cccc(OC[C@]2(O)CCCN(C3CCOCC3)C2)c1. The van der Waals surface area contributed by atoms with E-state index in [1.807, 2.05) is 18.2 Å². The molecule has 4 nitrogen and oxygen atoms in total. The number of aliphatic hydroxyl groups is 1. The molecule has 1 aromatic rings. The van der Waals surface area contributed by atoms with Crippen molar-refractivity contribution in [2.75, 3.05) is 32.9 Å². The molecule has 22 heavy (non-hydrogen) atoms. The standard InChI is InChI=1S/C18H27NO3/c1-15-4-2-5-17(12-15)22-14-18(20)8-3-9-19(13-18)16-6-10-21-11-7-16/h2,4-5,12,16,20H,3,6-11,13-14H2,1H3/t18-/m0/s1. The first-order chi connectivity index (χ1) is 10.6. The number of piperidine rings is 1. The summed E-state index contributed by atoms with van der Waals surface area (Å²) in [6.07, 6.45) is 4.01. The summed E-state index contributed by atoms with van der Waals surface area (Å²) in [5.41, 5.74) is 0.442. The second kappa shape index (κ2) is 6.99. The average molecular weight is 305 g/mol. The third-order valence-electron chi connectivity index (χ3n) is 4.79. The van der Waals surface area contributed by atoms with Gasteiger partial charge in [0.1, 0.15) is 18.0 Å². The lowest BCUT2D eigenvalue weighted by Gasteiger charge is -2.43. The first kappa shape index (κ1) is 15.8. The van der Waals surface area contributed by atoms with Crippen molar-refractivity contribution in [3.63, 3.8) is 0 Å². The number of hydrogen-bond donors (Lipinski definition) is 1. The van der Waals surface area contributed by atoms with Gasteiger partial charge < -0.3 is 14.6 Å². The lowest BCUT2D eigenvalue weighted by Crippen LogP contribution is -2.55. The Morgan fingerprint density at radius 2 is 2.18 bits per heavy atom. The molecule has 1 aromatic carbocycles. The number of ether oxygens (including phenoxy) is 2. The van der Waals surface area contributed by atoms with Gasteiger partial charge in [-0.15, -0.1) is 0 Å². The van der Waals surface area contributed by atoms with Gasteiger partial charge in [0.15, 0.2) is 0 Å². The molecule has 2 heterocycles. The fraction of sp³-hybridized carbons (Fsp3) is 0.667. The van der Waals surface area contributed by atoms with Crippen LogP contribution in [0.3, 0.4) is 0 Å². The average Bonchev–Trinajstić information content (AvgIpc) is 2.54. The van der Waals surface area contributed by atoms with Gasteiger partial charge in [-0.2, -0.15) is 0 Å². The van der Waals surface area contributed by atoms with E-state index in [2.05, 4.69) is 17.9 Å². The molecule has 2 aliphatic heterocycles. The number of β-amino-alcohol motifs (C(OH)–C–C–N with tert-alkyl or cyclic N) is 1. The number of aryl methyl sites for hydroxylation is 1. The Bertz CT molecular complexity index is 487. The summed E-state index contributed by atoms with van der Waals surface area (Å²) in [7, 11) is 0. The zero-order valence-corrected chi connectivity index (χ0v) is 13.5. The number of hydrogen-bond acceptors (Lipinski definition) is 4. The van der Waals surface area contributed by atoms with Crippen molar-refractivity contribution in [2.45, 2.75) is 44.2 Å². The smallest absolute Gasteiger partial charge is 0.119 e. The van der Waals surface area contributed by atoms with E-state index in [0.717, 1.165) is 51.2 Å². The predicted octanol–water partition coefficient (Wildman–Crippen LogP) is 2.38. The molecule has 0 bridgehead atoms. The van der Waals surface area contributed by atoms with E-state index in [9.17, 15) is 5.11 Å². The number of nitrogens with zero attached hydrogens (tertiary/aromatic N) is 1. The van der Waals surface area contributed by atoms with E-state index < -0.39 is 5.60 Å². The van der Waals surface area contributed by atoms with Crippen LogP contribution in [0.1, 0.15) is 31.2 Å². The van der Waals surface area contributed by atoms with Crippen LogP contribution in [0.15, 0.2) is 24.3 Å². The molecule has 0 unspecified atom stereocenters. The summed E-state index contributed by atoms with van der Waals surface area (Å²) in [4.78, 5) is 2.44. The molecule has 2 saturated heterocycles. The molecule has 4 heteroatoms. The minimum atomic E-state index is -0.736. The highest BCUT2D eigenvalue weighted by atomic mass is 16.5. The van der Waals surface area contributed by atoms with Crippen LogP contribution in [0.25, 0.3) is 0 Å². The molecule has 1 N–H and O–H groups in total. The Balaban J connectivity index is 1.57. The van der Waals surface area contributed by atoms with Gasteiger partial charge in [-0.3, -0.25) is 4.90 Å². The Kier molecular flexibility index (Phi) is 5.01. The Labute approximate surface area is 133 Å². The van der Waals surface area contributed by atoms with Crippen molar-refractivity contribution in [1.82, 2.24) is 4.90 Å². The van der Waals surface area contributed by atoms with Gasteiger partial charge in [-0.05, 0) is 56.8 Å². The van der Waals surface area contributed by atoms with Gasteiger partial charge in [0, 0.05) is 25.8 Å². The van der Waals surface area contributed by atoms with Crippen LogP contribution in [0.4, 0.5) is 0 Å². The molecule has 0 spiro atoms. The number of rotatable bonds is 4. The van der Waals surface area contributed by atoms with Crippen LogP contribution in [0.2, 0.25) is 0 Å². The second-order valence-corrected chi connectivity index (χ2v) is 6.75. The molecular weight excluding hydrogens is 278 g/mol. The summed E-state index contributed by atoms with van der Waals surface area (Å²) in [6.45, 7) is 5.91. The minimum absolute atomic E-state index is 0.371. The fourth-order valence-electron chi connectivity index (χ4n) is 3.55. The first-order valence-electron chi connectivity index (χ1n) is 8.38. The molecule has 0 amide bonds. The quantitative estimate of drug-likeness (QED) is 0.927. The van der Waals surface area contributed by atoms with E-state index in [4.69, 9.17) is 9.47 Å². The van der Waals surface area contributed by atoms with Gasteiger partial charge in [-0.25, -0.2) is 0 Å². The lowest BCUT2D eigenvalue weighted by atomic mass is 9.91. The lowest BCUT2D eigenvalue weighted by molar-refractivity contribution is -0.0814. The maximum atomic E-state index is 10.9. The molecule has 2 fully saturated rings. The van der Waals surface area contributed by atoms with E-state index in [1.165, 1.54) is 5.56 Å². The van der Waals surface area contributed by atoms with Crippen LogP contribution >= 0.6 is 0 Å². The summed E-state index contributed by atoms with van der Waals surface area (Å²) < 4.78 is 11.3. The summed E-state index contributed by atoms with van der Waals surface area (Å²) in [5, 5.41) is 10.9. The summed E-state index contributed by atoms with van der Waals surface area (Å²) >= 11 is 0. The Morgan fingerprint density at radius 1 is 1.36 bits per heavy atom. The molecule has 0 aromatic heterocycles. The molecule has 3 rings (SSSR count). The molecule has 122 valence electrons. The maximum Gasteiger partial charge on any atom is 0.119 e. The minimum Gasteiger partial charge on any atom is -0.491 e. The largest absolute Gasteiger partial charge is 0.491 e. The van der Waals surface area contributed by atoms with Gasteiger partial charge in [0.2, 0.25) is 0 Å². The highest BCUT2D eigenvalue weighted by Gasteiger charge is 2.37. The number of likely N-dealkylation sites (tertiary alicyclic amines) is 1. The highest BCUT2D eigenvalue weighted by Crippen LogP contribution is 2.27. The zero-order chi connectivity index (χ0) is 15.4. The summed E-state index contributed by atoms with van der Waals surface area (Å²) in [6, 6.07) is 8.57. The van der Waals surface area contributed by atoms with Crippen molar-refractivity contribution < 1.29 is 14.6 Å². The Hall–Kier alpha value is -1.10. The molecule has 0 radical (unpaired) electrons. The van der Waals surface area contributed by atoms with Gasteiger partial charge in [0.05, 0.1) is 0 Å². The molecular formula is C18H27NO3. The highest BCUT2D eigenvalue weighted by molar-refractivity contribution is 5.27. The first-order valence-corrected chi connectivity index (χ1v) is 8.38.